The molecule has 0 spiro atoms. The predicted molar refractivity (Wildman–Crippen MR) is 116 cm³/mol. The summed E-state index contributed by atoms with van der Waals surface area (Å²) in [5, 5.41) is 0. The predicted octanol–water partition coefficient (Wildman–Crippen LogP) is 5.15. The van der Waals surface area contributed by atoms with E-state index in [0.717, 1.165) is 42.8 Å². The molecule has 1 aromatic rings. The summed E-state index contributed by atoms with van der Waals surface area (Å²) in [5.41, 5.74) is 0. The van der Waals surface area contributed by atoms with Crippen LogP contribution in [0.15, 0.2) is 33.6 Å². The Hall–Kier alpha value is -0.520. The van der Waals surface area contributed by atoms with Crippen molar-refractivity contribution in [1.29, 1.82) is 0 Å². The maximum absolute atomic E-state index is 12.8. The maximum Gasteiger partial charge on any atom is 0.224 e. The SMILES string of the molecule is CC(C)C[C@@H](CSc1ccc(Br)cc1)N1CCN(CC(C)C)CCC1=O. The van der Waals surface area contributed by atoms with E-state index in [4.69, 9.17) is 0 Å². The Morgan fingerprint density at radius 3 is 2.35 bits per heavy atom. The van der Waals surface area contributed by atoms with E-state index >= 15 is 0 Å². The van der Waals surface area contributed by atoms with Gasteiger partial charge < -0.3 is 9.80 Å². The van der Waals surface area contributed by atoms with Crippen molar-refractivity contribution in [1.82, 2.24) is 9.80 Å². The fourth-order valence-corrected chi connectivity index (χ4v) is 4.81. The summed E-state index contributed by atoms with van der Waals surface area (Å²) in [6, 6.07) is 8.78. The zero-order valence-electron chi connectivity index (χ0n) is 16.6. The van der Waals surface area contributed by atoms with Gasteiger partial charge in [-0.15, -0.1) is 11.8 Å². The average Bonchev–Trinajstić information content (AvgIpc) is 2.74. The lowest BCUT2D eigenvalue weighted by atomic mass is 10.0. The van der Waals surface area contributed by atoms with Crippen LogP contribution in [-0.2, 0) is 4.79 Å². The van der Waals surface area contributed by atoms with Crippen LogP contribution in [-0.4, -0.2) is 53.7 Å². The standard InChI is InChI=1S/C21H33BrN2OS/c1-16(2)13-19(15-26-20-7-5-18(22)6-8-20)24-12-11-23(14-17(3)4)10-9-21(24)25/h5-8,16-17,19H,9-15H2,1-4H3/t19-/m0/s1. The molecule has 0 N–H and O–H groups in total. The van der Waals surface area contributed by atoms with E-state index in [1.54, 1.807) is 0 Å². The fourth-order valence-electron chi connectivity index (χ4n) is 3.52. The van der Waals surface area contributed by atoms with Gasteiger partial charge in [0.05, 0.1) is 0 Å². The van der Waals surface area contributed by atoms with E-state index in [1.807, 2.05) is 11.8 Å². The molecule has 3 nitrogen and oxygen atoms in total. The first-order valence-corrected chi connectivity index (χ1v) is 11.5. The maximum atomic E-state index is 12.8. The van der Waals surface area contributed by atoms with E-state index < -0.39 is 0 Å². The van der Waals surface area contributed by atoms with Crippen LogP contribution < -0.4 is 0 Å². The molecule has 1 amide bonds. The van der Waals surface area contributed by atoms with Gasteiger partial charge in [0, 0.05) is 53.8 Å². The number of thioether (sulfide) groups is 1. The minimum atomic E-state index is 0.315. The lowest BCUT2D eigenvalue weighted by Crippen LogP contribution is -2.43. The van der Waals surface area contributed by atoms with E-state index in [-0.39, 0.29) is 0 Å². The number of benzene rings is 1. The highest BCUT2D eigenvalue weighted by molar-refractivity contribution is 9.10. The van der Waals surface area contributed by atoms with E-state index in [1.165, 1.54) is 4.90 Å². The molecule has 0 unspecified atom stereocenters. The normalized spacial score (nSPS) is 17.8. The van der Waals surface area contributed by atoms with Gasteiger partial charge in [0.1, 0.15) is 0 Å². The lowest BCUT2D eigenvalue weighted by molar-refractivity contribution is -0.132. The lowest BCUT2D eigenvalue weighted by Gasteiger charge is -2.32. The topological polar surface area (TPSA) is 23.6 Å². The van der Waals surface area contributed by atoms with Crippen LogP contribution in [0.1, 0.15) is 40.5 Å². The Morgan fingerprint density at radius 1 is 1.04 bits per heavy atom. The van der Waals surface area contributed by atoms with Gasteiger partial charge in [-0.1, -0.05) is 43.6 Å². The van der Waals surface area contributed by atoms with Crippen LogP contribution >= 0.6 is 27.7 Å². The number of hydrogen-bond donors (Lipinski definition) is 0. The number of amides is 1. The van der Waals surface area contributed by atoms with Gasteiger partial charge in [-0.2, -0.15) is 0 Å². The third-order valence-corrected chi connectivity index (χ3v) is 6.37. The zero-order valence-corrected chi connectivity index (χ0v) is 19.0. The van der Waals surface area contributed by atoms with Crippen molar-refractivity contribution in [2.45, 2.75) is 51.5 Å². The summed E-state index contributed by atoms with van der Waals surface area (Å²) < 4.78 is 1.11. The fraction of sp³-hybridized carbons (Fsp3) is 0.667. The summed E-state index contributed by atoms with van der Waals surface area (Å²) in [6.45, 7) is 12.9. The monoisotopic (exact) mass is 440 g/mol. The molecule has 0 saturated carbocycles. The number of nitrogens with zero attached hydrogens (tertiary/aromatic N) is 2. The largest absolute Gasteiger partial charge is 0.338 e. The van der Waals surface area contributed by atoms with Crippen LogP contribution in [0, 0.1) is 11.8 Å². The first kappa shape index (κ1) is 21.8. The molecule has 1 aliphatic rings. The highest BCUT2D eigenvalue weighted by Gasteiger charge is 2.28. The third-order valence-electron chi connectivity index (χ3n) is 4.68. The summed E-state index contributed by atoms with van der Waals surface area (Å²) in [7, 11) is 0. The molecule has 0 radical (unpaired) electrons. The van der Waals surface area contributed by atoms with Crippen molar-refractivity contribution in [3.05, 3.63) is 28.7 Å². The third kappa shape index (κ3) is 7.24. The van der Waals surface area contributed by atoms with Crippen molar-refractivity contribution in [2.75, 3.05) is 31.9 Å². The van der Waals surface area contributed by atoms with Gasteiger partial charge in [-0.05, 0) is 42.5 Å². The van der Waals surface area contributed by atoms with Gasteiger partial charge in [0.25, 0.3) is 0 Å². The van der Waals surface area contributed by atoms with Crippen LogP contribution in [0.4, 0.5) is 0 Å². The first-order chi connectivity index (χ1) is 12.3. The number of carbonyl (C=O) groups is 1. The van der Waals surface area contributed by atoms with E-state index in [9.17, 15) is 4.79 Å². The van der Waals surface area contributed by atoms with Crippen LogP contribution in [0.2, 0.25) is 0 Å². The van der Waals surface area contributed by atoms with E-state index in [0.29, 0.717) is 30.2 Å². The Balaban J connectivity index is 2.01. The molecule has 0 aromatic heterocycles. The summed E-state index contributed by atoms with van der Waals surface area (Å²) in [5.74, 6) is 2.54. The summed E-state index contributed by atoms with van der Waals surface area (Å²) in [4.78, 5) is 18.7. The van der Waals surface area contributed by atoms with Crippen LogP contribution in [0.5, 0.6) is 0 Å². The molecule has 0 aliphatic carbocycles. The minimum Gasteiger partial charge on any atom is -0.338 e. The van der Waals surface area contributed by atoms with Crippen molar-refractivity contribution in [3.63, 3.8) is 0 Å². The molecule has 5 heteroatoms. The number of hydrogen-bond acceptors (Lipinski definition) is 3. The van der Waals surface area contributed by atoms with Gasteiger partial charge >= 0.3 is 0 Å². The molecular formula is C21H33BrN2OS. The van der Waals surface area contributed by atoms with Gasteiger partial charge in [0.2, 0.25) is 5.91 Å². The molecule has 1 atom stereocenters. The smallest absolute Gasteiger partial charge is 0.224 e. The highest BCUT2D eigenvalue weighted by Crippen LogP contribution is 2.26. The number of rotatable bonds is 8. The summed E-state index contributed by atoms with van der Waals surface area (Å²) >= 11 is 5.36. The molecule has 1 aliphatic heterocycles. The second-order valence-electron chi connectivity index (χ2n) is 8.08. The molecule has 26 heavy (non-hydrogen) atoms. The molecule has 1 fully saturated rings. The first-order valence-electron chi connectivity index (χ1n) is 9.75. The molecule has 2 rings (SSSR count). The molecular weight excluding hydrogens is 408 g/mol. The van der Waals surface area contributed by atoms with Gasteiger partial charge in [0.15, 0.2) is 0 Å². The Bertz CT molecular complexity index is 562. The minimum absolute atomic E-state index is 0.315. The van der Waals surface area contributed by atoms with Gasteiger partial charge in [-0.25, -0.2) is 0 Å². The zero-order chi connectivity index (χ0) is 19.1. The number of carbonyl (C=O) groups excluding carboxylic acids is 1. The van der Waals surface area contributed by atoms with Crippen molar-refractivity contribution in [3.8, 4) is 0 Å². The Morgan fingerprint density at radius 2 is 1.73 bits per heavy atom. The average molecular weight is 441 g/mol. The molecule has 1 heterocycles. The quantitative estimate of drug-likeness (QED) is 0.522. The van der Waals surface area contributed by atoms with Crippen LogP contribution in [0.25, 0.3) is 0 Å². The van der Waals surface area contributed by atoms with Crippen molar-refractivity contribution >= 4 is 33.6 Å². The van der Waals surface area contributed by atoms with Crippen molar-refractivity contribution < 1.29 is 4.79 Å². The van der Waals surface area contributed by atoms with Gasteiger partial charge in [-0.3, -0.25) is 4.79 Å². The number of halogens is 1. The Kier molecular flexibility index (Phi) is 8.98. The second-order valence-corrected chi connectivity index (χ2v) is 10.1. The van der Waals surface area contributed by atoms with Crippen LogP contribution in [0.3, 0.4) is 0 Å². The Labute approximate surface area is 172 Å². The van der Waals surface area contributed by atoms with E-state index in [2.05, 4.69) is 77.7 Å². The second kappa shape index (κ2) is 10.7. The highest BCUT2D eigenvalue weighted by atomic mass is 79.9. The summed E-state index contributed by atoms with van der Waals surface area (Å²) in [6.07, 6.45) is 1.73. The molecule has 146 valence electrons. The molecule has 0 bridgehead atoms. The molecule has 1 saturated heterocycles. The molecule has 1 aromatic carbocycles. The van der Waals surface area contributed by atoms with Crippen molar-refractivity contribution in [2.24, 2.45) is 11.8 Å².